The van der Waals surface area contributed by atoms with E-state index in [4.69, 9.17) is 12.6 Å². The van der Waals surface area contributed by atoms with Crippen molar-refractivity contribution in [1.29, 1.82) is 0 Å². The van der Waals surface area contributed by atoms with E-state index in [1.807, 2.05) is 0 Å². The van der Waals surface area contributed by atoms with Gasteiger partial charge in [0.2, 0.25) is 0 Å². The fourth-order valence-electron chi connectivity index (χ4n) is 1.60. The lowest BCUT2D eigenvalue weighted by molar-refractivity contribution is 0.572. The number of rotatable bonds is 10. The van der Waals surface area contributed by atoms with E-state index in [9.17, 15) is 0 Å². The van der Waals surface area contributed by atoms with Gasteiger partial charge >= 0.3 is 0 Å². The Labute approximate surface area is 106 Å². The molecule has 0 aliphatic carbocycles. The highest BCUT2D eigenvalue weighted by atomic mass is 32.2. The summed E-state index contributed by atoms with van der Waals surface area (Å²) in [7, 11) is 0. The molecule has 0 aromatic carbocycles. The van der Waals surface area contributed by atoms with E-state index in [-0.39, 0.29) is 0 Å². The Morgan fingerprint density at radius 2 is 1.73 bits per heavy atom. The first-order chi connectivity index (χ1) is 7.12. The molecular weight excluding hydrogens is 220 g/mol. The summed E-state index contributed by atoms with van der Waals surface area (Å²) < 4.78 is 0.489. The van der Waals surface area contributed by atoms with E-state index in [2.05, 4.69) is 32.5 Å². The average Bonchev–Trinajstić information content (AvgIpc) is 2.17. The van der Waals surface area contributed by atoms with Gasteiger partial charge in [0.15, 0.2) is 0 Å². The van der Waals surface area contributed by atoms with Crippen LogP contribution in [0.3, 0.4) is 0 Å². The molecule has 2 heteroatoms. The minimum Gasteiger partial charge on any atom is -0.156 e. The molecule has 0 nitrogen and oxygen atoms in total. The number of hydrogen-bond donors (Lipinski definition) is 0. The molecule has 0 N–H and O–H groups in total. The first-order valence-electron chi connectivity index (χ1n) is 6.34. The molecule has 0 spiro atoms. The van der Waals surface area contributed by atoms with Crippen LogP contribution >= 0.6 is 24.4 Å². The number of hydrogen-bond acceptors (Lipinski definition) is 1. The lowest BCUT2D eigenvalue weighted by Gasteiger charge is -2.24. The average molecular weight is 247 g/mol. The normalized spacial score (nSPS) is 12.0. The topological polar surface area (TPSA) is 0 Å². The summed E-state index contributed by atoms with van der Waals surface area (Å²) >= 11 is 7.08. The molecule has 0 rings (SSSR count). The van der Waals surface area contributed by atoms with Crippen molar-refractivity contribution in [2.24, 2.45) is 0 Å². The monoisotopic (exact) mass is 247 g/mol. The molecule has 0 aliphatic rings. The maximum Gasteiger partial charge on any atom is 0.0103 e. The van der Waals surface area contributed by atoms with Gasteiger partial charge in [-0.2, -0.15) is 11.8 Å². The zero-order valence-corrected chi connectivity index (χ0v) is 12.3. The smallest absolute Gasteiger partial charge is 0.0103 e. The molecule has 0 saturated carbocycles. The van der Waals surface area contributed by atoms with Gasteiger partial charge in [-0.3, -0.25) is 0 Å². The Balaban J connectivity index is 3.38. The van der Waals surface area contributed by atoms with Crippen LogP contribution in [0.5, 0.6) is 0 Å². The summed E-state index contributed by atoms with van der Waals surface area (Å²) in [4.78, 5) is 0. The van der Waals surface area contributed by atoms with Crippen LogP contribution in [0, 0.1) is 0 Å². The van der Waals surface area contributed by atoms with Crippen LogP contribution in [0.25, 0.3) is 0 Å². The van der Waals surface area contributed by atoms with Crippen molar-refractivity contribution in [3.8, 4) is 0 Å². The van der Waals surface area contributed by atoms with Crippen molar-refractivity contribution in [2.75, 3.05) is 11.5 Å². The minimum atomic E-state index is 0.489. The highest BCUT2D eigenvalue weighted by Gasteiger charge is 2.16. The molecule has 0 amide bonds. The van der Waals surface area contributed by atoms with Gasteiger partial charge < -0.3 is 0 Å². The summed E-state index contributed by atoms with van der Waals surface area (Å²) in [6.07, 6.45) is 9.38. The zero-order valence-electron chi connectivity index (χ0n) is 10.7. The zero-order chi connectivity index (χ0) is 11.6. The minimum absolute atomic E-state index is 0.489. The standard InChI is InChI=1S/C13H27S2/c1-4-5-7-10-13(2,3)15-12-9-6-8-11-14/h4-12H2,1-3H3. The van der Waals surface area contributed by atoms with Crippen molar-refractivity contribution in [3.05, 3.63) is 0 Å². The van der Waals surface area contributed by atoms with Gasteiger partial charge in [-0.05, 0) is 25.0 Å². The molecule has 0 aliphatic heterocycles. The second kappa shape index (κ2) is 9.89. The highest BCUT2D eigenvalue weighted by molar-refractivity contribution is 8.00. The quantitative estimate of drug-likeness (QED) is 0.463. The van der Waals surface area contributed by atoms with Gasteiger partial charge in [-0.25, -0.2) is 0 Å². The third-order valence-electron chi connectivity index (χ3n) is 2.66. The Bertz CT molecular complexity index is 132. The molecule has 0 unspecified atom stereocenters. The van der Waals surface area contributed by atoms with Crippen molar-refractivity contribution >= 4 is 24.4 Å². The van der Waals surface area contributed by atoms with Crippen molar-refractivity contribution in [3.63, 3.8) is 0 Å². The van der Waals surface area contributed by atoms with Gasteiger partial charge in [0.25, 0.3) is 0 Å². The summed E-state index contributed by atoms with van der Waals surface area (Å²) in [6.45, 7) is 7.05. The van der Waals surface area contributed by atoms with Gasteiger partial charge in [0.1, 0.15) is 0 Å². The first-order valence-corrected chi connectivity index (χ1v) is 7.91. The molecule has 0 heterocycles. The van der Waals surface area contributed by atoms with Crippen LogP contribution in [-0.2, 0) is 0 Å². The second-order valence-corrected chi connectivity index (χ2v) is 7.04. The Hall–Kier alpha value is 0.700. The van der Waals surface area contributed by atoms with Crippen LogP contribution in [0.1, 0.15) is 65.7 Å². The van der Waals surface area contributed by atoms with Crippen LogP contribution in [0.2, 0.25) is 0 Å². The van der Waals surface area contributed by atoms with Crippen LogP contribution in [0.15, 0.2) is 0 Å². The summed E-state index contributed by atoms with van der Waals surface area (Å²) in [5.41, 5.74) is 0. The predicted octanol–water partition coefficient (Wildman–Crippen LogP) is 5.45. The van der Waals surface area contributed by atoms with Crippen LogP contribution in [0.4, 0.5) is 0 Å². The summed E-state index contributed by atoms with van der Waals surface area (Å²) in [5, 5.41) is 0. The highest BCUT2D eigenvalue weighted by Crippen LogP contribution is 2.30. The number of thioether (sulfide) groups is 1. The van der Waals surface area contributed by atoms with Gasteiger partial charge in [-0.1, -0.05) is 59.1 Å². The lowest BCUT2D eigenvalue weighted by atomic mass is 10.0. The van der Waals surface area contributed by atoms with E-state index in [0.717, 1.165) is 5.75 Å². The first kappa shape index (κ1) is 15.7. The van der Waals surface area contributed by atoms with Crippen molar-refractivity contribution in [2.45, 2.75) is 70.5 Å². The molecule has 0 fully saturated rings. The van der Waals surface area contributed by atoms with E-state index in [1.54, 1.807) is 0 Å². The molecule has 0 bridgehead atoms. The maximum atomic E-state index is 4.94. The largest absolute Gasteiger partial charge is 0.156 e. The van der Waals surface area contributed by atoms with Crippen molar-refractivity contribution < 1.29 is 0 Å². The molecular formula is C13H27S2. The Morgan fingerprint density at radius 1 is 1.00 bits per heavy atom. The third kappa shape index (κ3) is 11.0. The molecule has 0 aromatic heterocycles. The molecule has 0 saturated heterocycles. The van der Waals surface area contributed by atoms with E-state index in [0.29, 0.717) is 4.75 Å². The molecule has 0 aromatic rings. The Kier molecular flexibility index (Phi) is 10.4. The molecule has 91 valence electrons. The van der Waals surface area contributed by atoms with Gasteiger partial charge in [-0.15, -0.1) is 0 Å². The third-order valence-corrected chi connectivity index (χ3v) is 4.43. The lowest BCUT2D eigenvalue weighted by Crippen LogP contribution is -2.15. The number of unbranched alkanes of at least 4 members (excludes halogenated alkanes) is 4. The fourth-order valence-corrected chi connectivity index (χ4v) is 3.00. The molecule has 15 heavy (non-hydrogen) atoms. The van der Waals surface area contributed by atoms with Gasteiger partial charge in [0, 0.05) is 10.5 Å². The molecule has 1 radical (unpaired) electrons. The van der Waals surface area contributed by atoms with E-state index in [1.165, 1.54) is 50.7 Å². The van der Waals surface area contributed by atoms with Crippen LogP contribution < -0.4 is 0 Å². The van der Waals surface area contributed by atoms with E-state index < -0.39 is 0 Å². The Morgan fingerprint density at radius 3 is 2.33 bits per heavy atom. The van der Waals surface area contributed by atoms with Gasteiger partial charge in [0.05, 0.1) is 0 Å². The predicted molar refractivity (Wildman–Crippen MR) is 77.0 cm³/mol. The maximum absolute atomic E-state index is 4.94. The fraction of sp³-hybridized carbons (Fsp3) is 1.00. The van der Waals surface area contributed by atoms with E-state index >= 15 is 0 Å². The summed E-state index contributed by atoms with van der Waals surface area (Å²) in [5.74, 6) is 2.25. The summed E-state index contributed by atoms with van der Waals surface area (Å²) in [6, 6.07) is 0. The SMILES string of the molecule is CCCCCC(C)(C)SCCCCC[S]. The second-order valence-electron chi connectivity index (χ2n) is 4.83. The molecule has 0 atom stereocenters. The van der Waals surface area contributed by atoms with Crippen molar-refractivity contribution in [1.82, 2.24) is 0 Å². The van der Waals surface area contributed by atoms with Crippen LogP contribution in [-0.4, -0.2) is 16.3 Å².